The Labute approximate surface area is 199 Å². The van der Waals surface area contributed by atoms with Crippen molar-refractivity contribution in [3.63, 3.8) is 0 Å². The maximum atomic E-state index is 12.2. The SMILES string of the molecule is CCCCCCOc1ccc(C(=O)NNC(=O)/C=C/c2ccc(OCC(N)=O)c(OC)c2)cc1. The number of methoxy groups -OCH3 is 1. The zero-order valence-electron chi connectivity index (χ0n) is 19.5. The number of benzene rings is 2. The van der Waals surface area contributed by atoms with Gasteiger partial charge in [0.15, 0.2) is 18.1 Å². The van der Waals surface area contributed by atoms with E-state index in [9.17, 15) is 14.4 Å². The van der Waals surface area contributed by atoms with Crippen LogP contribution in [0.4, 0.5) is 0 Å². The van der Waals surface area contributed by atoms with Crippen molar-refractivity contribution in [3.05, 3.63) is 59.7 Å². The van der Waals surface area contributed by atoms with E-state index in [1.54, 1.807) is 42.5 Å². The Morgan fingerprint density at radius 1 is 0.941 bits per heavy atom. The van der Waals surface area contributed by atoms with Crippen molar-refractivity contribution < 1.29 is 28.6 Å². The fraction of sp³-hybridized carbons (Fsp3) is 0.320. The maximum absolute atomic E-state index is 12.2. The lowest BCUT2D eigenvalue weighted by molar-refractivity contribution is -0.120. The van der Waals surface area contributed by atoms with Gasteiger partial charge in [-0.3, -0.25) is 25.2 Å². The molecule has 2 aromatic rings. The number of unbranched alkanes of at least 4 members (excludes halogenated alkanes) is 3. The first kappa shape index (κ1) is 26.2. The molecular formula is C25H31N3O6. The minimum Gasteiger partial charge on any atom is -0.494 e. The Balaban J connectivity index is 1.81. The molecule has 0 bridgehead atoms. The Hall–Kier alpha value is -4.01. The van der Waals surface area contributed by atoms with Crippen LogP contribution in [0.5, 0.6) is 17.2 Å². The average molecular weight is 470 g/mol. The Kier molecular flexibility index (Phi) is 11.0. The summed E-state index contributed by atoms with van der Waals surface area (Å²) in [5.74, 6) is -0.149. The molecule has 0 heterocycles. The molecule has 182 valence electrons. The molecule has 0 saturated heterocycles. The summed E-state index contributed by atoms with van der Waals surface area (Å²) in [6.45, 7) is 2.53. The van der Waals surface area contributed by atoms with Crippen LogP contribution in [0.1, 0.15) is 48.5 Å². The van der Waals surface area contributed by atoms with E-state index in [0.717, 1.165) is 12.8 Å². The summed E-state index contributed by atoms with van der Waals surface area (Å²) >= 11 is 0. The maximum Gasteiger partial charge on any atom is 0.269 e. The van der Waals surface area contributed by atoms with E-state index in [0.29, 0.717) is 35.0 Å². The van der Waals surface area contributed by atoms with E-state index in [1.807, 2.05) is 0 Å². The minimum absolute atomic E-state index is 0.275. The number of nitrogens with two attached hydrogens (primary N) is 1. The summed E-state index contributed by atoms with van der Waals surface area (Å²) in [7, 11) is 1.45. The molecule has 0 aromatic heterocycles. The van der Waals surface area contributed by atoms with Crippen LogP contribution in [-0.2, 0) is 9.59 Å². The monoisotopic (exact) mass is 469 g/mol. The summed E-state index contributed by atoms with van der Waals surface area (Å²) in [6, 6.07) is 11.6. The van der Waals surface area contributed by atoms with Gasteiger partial charge in [-0.15, -0.1) is 0 Å². The van der Waals surface area contributed by atoms with Crippen LogP contribution in [0.2, 0.25) is 0 Å². The van der Waals surface area contributed by atoms with Crippen LogP contribution in [0.25, 0.3) is 6.08 Å². The fourth-order valence-corrected chi connectivity index (χ4v) is 2.88. The molecule has 3 amide bonds. The standard InChI is InChI=1S/C25H31N3O6/c1-3-4-5-6-15-33-20-11-9-19(10-12-20)25(31)28-27-24(30)14-8-18-7-13-21(22(16-18)32-2)34-17-23(26)29/h7-14,16H,3-6,15,17H2,1-2H3,(H2,26,29)(H,27,30)(H,28,31)/b14-8+. The highest BCUT2D eigenvalue weighted by molar-refractivity contribution is 5.98. The molecule has 0 radical (unpaired) electrons. The lowest BCUT2D eigenvalue weighted by Crippen LogP contribution is -2.40. The first-order chi connectivity index (χ1) is 16.4. The predicted octanol–water partition coefficient (Wildman–Crippen LogP) is 2.99. The van der Waals surface area contributed by atoms with Crippen LogP contribution in [-0.4, -0.2) is 38.0 Å². The minimum atomic E-state index is -0.605. The van der Waals surface area contributed by atoms with Crippen LogP contribution < -0.4 is 30.8 Å². The second kappa shape index (κ2) is 14.2. The van der Waals surface area contributed by atoms with Gasteiger partial charge in [0.2, 0.25) is 0 Å². The Bertz CT molecular complexity index is 989. The van der Waals surface area contributed by atoms with Crippen LogP contribution in [0.3, 0.4) is 0 Å². The van der Waals surface area contributed by atoms with Gasteiger partial charge in [-0.25, -0.2) is 0 Å². The number of carbonyl (C=O) groups excluding carboxylic acids is 3. The van der Waals surface area contributed by atoms with E-state index < -0.39 is 17.7 Å². The predicted molar refractivity (Wildman–Crippen MR) is 128 cm³/mol. The zero-order valence-corrected chi connectivity index (χ0v) is 19.5. The summed E-state index contributed by atoms with van der Waals surface area (Å²) in [5, 5.41) is 0. The number of primary amides is 1. The number of carbonyl (C=O) groups is 3. The lowest BCUT2D eigenvalue weighted by Gasteiger charge is -2.10. The summed E-state index contributed by atoms with van der Waals surface area (Å²) < 4.78 is 16.1. The zero-order chi connectivity index (χ0) is 24.8. The number of hydrazine groups is 1. The molecular weight excluding hydrogens is 438 g/mol. The summed E-state index contributed by atoms with van der Waals surface area (Å²) in [6.07, 6.45) is 7.29. The van der Waals surface area contributed by atoms with Crippen molar-refractivity contribution in [2.45, 2.75) is 32.6 Å². The number of amides is 3. The molecule has 2 aromatic carbocycles. The molecule has 0 aliphatic carbocycles. The van der Waals surface area contributed by atoms with Crippen molar-refractivity contribution in [1.82, 2.24) is 10.9 Å². The van der Waals surface area contributed by atoms with Gasteiger partial charge in [0.1, 0.15) is 5.75 Å². The number of hydrogen-bond donors (Lipinski definition) is 3. The third kappa shape index (κ3) is 9.23. The van der Waals surface area contributed by atoms with Crippen molar-refractivity contribution in [3.8, 4) is 17.2 Å². The van der Waals surface area contributed by atoms with Crippen molar-refractivity contribution in [1.29, 1.82) is 0 Å². The first-order valence-corrected chi connectivity index (χ1v) is 11.0. The van der Waals surface area contributed by atoms with Crippen LogP contribution in [0, 0.1) is 0 Å². The van der Waals surface area contributed by atoms with E-state index in [1.165, 1.54) is 32.1 Å². The molecule has 9 heteroatoms. The molecule has 0 unspecified atom stereocenters. The first-order valence-electron chi connectivity index (χ1n) is 11.0. The van der Waals surface area contributed by atoms with Gasteiger partial charge >= 0.3 is 0 Å². The van der Waals surface area contributed by atoms with Crippen molar-refractivity contribution in [2.75, 3.05) is 20.3 Å². The normalized spacial score (nSPS) is 10.5. The highest BCUT2D eigenvalue weighted by atomic mass is 16.5. The third-order valence-corrected chi connectivity index (χ3v) is 4.67. The van der Waals surface area contributed by atoms with Gasteiger partial charge in [0.25, 0.3) is 17.7 Å². The molecule has 0 aliphatic rings. The molecule has 0 aliphatic heterocycles. The highest BCUT2D eigenvalue weighted by Gasteiger charge is 2.08. The van der Waals surface area contributed by atoms with E-state index >= 15 is 0 Å². The quantitative estimate of drug-likeness (QED) is 0.235. The number of nitrogens with one attached hydrogen (secondary N) is 2. The average Bonchev–Trinajstić information content (AvgIpc) is 2.85. The molecule has 0 fully saturated rings. The summed E-state index contributed by atoms with van der Waals surface area (Å²) in [5.41, 5.74) is 10.8. The molecule has 9 nitrogen and oxygen atoms in total. The molecule has 0 atom stereocenters. The number of rotatable bonds is 13. The molecule has 34 heavy (non-hydrogen) atoms. The second-order valence-corrected chi connectivity index (χ2v) is 7.38. The van der Waals surface area contributed by atoms with Crippen molar-refractivity contribution in [2.24, 2.45) is 5.73 Å². The molecule has 0 saturated carbocycles. The van der Waals surface area contributed by atoms with Gasteiger partial charge < -0.3 is 19.9 Å². The Morgan fingerprint density at radius 3 is 2.38 bits per heavy atom. The van der Waals surface area contributed by atoms with Gasteiger partial charge in [0.05, 0.1) is 13.7 Å². The lowest BCUT2D eigenvalue weighted by atomic mass is 10.2. The third-order valence-electron chi connectivity index (χ3n) is 4.67. The summed E-state index contributed by atoms with van der Waals surface area (Å²) in [4.78, 5) is 35.2. The number of ether oxygens (including phenoxy) is 3. The largest absolute Gasteiger partial charge is 0.494 e. The second-order valence-electron chi connectivity index (χ2n) is 7.38. The van der Waals surface area contributed by atoms with Gasteiger partial charge in [0, 0.05) is 11.6 Å². The van der Waals surface area contributed by atoms with E-state index in [2.05, 4.69) is 17.8 Å². The van der Waals surface area contributed by atoms with E-state index in [-0.39, 0.29) is 6.61 Å². The van der Waals surface area contributed by atoms with E-state index in [4.69, 9.17) is 19.9 Å². The van der Waals surface area contributed by atoms with Gasteiger partial charge in [-0.2, -0.15) is 0 Å². The van der Waals surface area contributed by atoms with Crippen LogP contribution in [0.15, 0.2) is 48.5 Å². The van der Waals surface area contributed by atoms with Gasteiger partial charge in [-0.1, -0.05) is 32.3 Å². The smallest absolute Gasteiger partial charge is 0.269 e. The highest BCUT2D eigenvalue weighted by Crippen LogP contribution is 2.28. The molecule has 4 N–H and O–H groups in total. The van der Waals surface area contributed by atoms with Crippen LogP contribution >= 0.6 is 0 Å². The van der Waals surface area contributed by atoms with Crippen molar-refractivity contribution >= 4 is 23.8 Å². The fourth-order valence-electron chi connectivity index (χ4n) is 2.88. The molecule has 2 rings (SSSR count). The molecule has 0 spiro atoms. The number of hydrogen-bond acceptors (Lipinski definition) is 6. The Morgan fingerprint density at radius 2 is 1.71 bits per heavy atom. The topological polar surface area (TPSA) is 129 Å². The van der Waals surface area contributed by atoms with Gasteiger partial charge in [-0.05, 0) is 54.5 Å².